The van der Waals surface area contributed by atoms with Crippen molar-refractivity contribution in [3.63, 3.8) is 0 Å². The van der Waals surface area contributed by atoms with Crippen molar-refractivity contribution in [2.24, 2.45) is 0 Å². The number of pyridine rings is 1. The van der Waals surface area contributed by atoms with E-state index in [-0.39, 0.29) is 0 Å². The minimum Gasteiger partial charge on any atom is -0.186 e. The zero-order chi connectivity index (χ0) is 9.68. The van der Waals surface area contributed by atoms with Gasteiger partial charge in [0.25, 0.3) is 5.69 Å². The summed E-state index contributed by atoms with van der Waals surface area (Å²) in [4.78, 5) is 0. The molecule has 13 heavy (non-hydrogen) atoms. The van der Waals surface area contributed by atoms with Crippen LogP contribution >= 0.6 is 0 Å². The number of nitrogens with zero attached hydrogens (tertiary/aromatic N) is 2. The van der Waals surface area contributed by atoms with Gasteiger partial charge in [-0.05, 0) is 26.0 Å². The monoisotopic (exact) mass is 173 g/mol. The molecule has 0 N–H and O–H groups in total. The maximum absolute atomic E-state index is 8.79. The van der Waals surface area contributed by atoms with Gasteiger partial charge in [0.15, 0.2) is 18.8 Å². The van der Waals surface area contributed by atoms with Gasteiger partial charge in [0.05, 0.1) is 0 Å². The van der Waals surface area contributed by atoms with Gasteiger partial charge in [0.2, 0.25) is 0 Å². The van der Waals surface area contributed by atoms with Crippen molar-refractivity contribution in [1.82, 2.24) is 0 Å². The fourth-order valence-corrected chi connectivity index (χ4v) is 1.02. The minimum absolute atomic E-state index is 0.694. The van der Waals surface area contributed by atoms with Gasteiger partial charge in [-0.3, -0.25) is 0 Å². The molecule has 0 fully saturated rings. The van der Waals surface area contributed by atoms with Gasteiger partial charge < -0.3 is 0 Å². The van der Waals surface area contributed by atoms with Crippen molar-refractivity contribution in [3.8, 4) is 6.07 Å². The Bertz CT molecular complexity index is 355. The summed E-state index contributed by atoms with van der Waals surface area (Å²) < 4.78 is 1.92. The number of allylic oxidation sites excluding steroid dienone is 2. The fourth-order valence-electron chi connectivity index (χ4n) is 1.02. The molecule has 0 aliphatic carbocycles. The number of hydrogen-bond acceptors (Lipinski definition) is 1. The number of hydrogen-bond donors (Lipinski definition) is 0. The molecule has 0 unspecified atom stereocenters. The first-order valence-electron chi connectivity index (χ1n) is 4.26. The maximum Gasteiger partial charge on any atom is 0.283 e. The molecule has 0 radical (unpaired) electrons. The van der Waals surface area contributed by atoms with Crippen LogP contribution in [-0.4, -0.2) is 0 Å². The molecular weight excluding hydrogens is 160 g/mol. The molecule has 2 nitrogen and oxygen atoms in total. The molecule has 0 atom stereocenters. The van der Waals surface area contributed by atoms with E-state index in [9.17, 15) is 0 Å². The van der Waals surface area contributed by atoms with Crippen molar-refractivity contribution in [1.29, 1.82) is 5.26 Å². The highest BCUT2D eigenvalue weighted by atomic mass is 14.9. The van der Waals surface area contributed by atoms with Gasteiger partial charge in [-0.2, -0.15) is 9.83 Å². The molecule has 1 rings (SSSR count). The molecule has 0 aromatic carbocycles. The first kappa shape index (κ1) is 9.47. The highest BCUT2D eigenvalue weighted by Gasteiger charge is 2.04. The van der Waals surface area contributed by atoms with Crippen LogP contribution in [-0.2, 0) is 6.54 Å². The lowest BCUT2D eigenvalue weighted by molar-refractivity contribution is -0.689. The summed E-state index contributed by atoms with van der Waals surface area (Å²) in [5.74, 6) is 0. The third kappa shape index (κ3) is 2.72. The standard InChI is InChI=1S/C11H13N2/c1-10(2)6-8-13-7-4-3-5-11(13)9-12/h3-7H,8H2,1-2H3/q+1. The van der Waals surface area contributed by atoms with E-state index < -0.39 is 0 Å². The average molecular weight is 173 g/mol. The molecule has 0 bridgehead atoms. The van der Waals surface area contributed by atoms with Gasteiger partial charge in [-0.25, -0.2) is 0 Å². The molecule has 1 aromatic heterocycles. The van der Waals surface area contributed by atoms with E-state index >= 15 is 0 Å². The summed E-state index contributed by atoms with van der Waals surface area (Å²) in [6, 6.07) is 7.77. The molecular formula is C11H13N2+. The van der Waals surface area contributed by atoms with Crippen LogP contribution in [0.15, 0.2) is 36.0 Å². The molecule has 0 aliphatic heterocycles. The second-order valence-electron chi connectivity index (χ2n) is 3.13. The number of rotatable bonds is 2. The van der Waals surface area contributed by atoms with E-state index in [0.717, 1.165) is 6.54 Å². The average Bonchev–Trinajstić information content (AvgIpc) is 2.15. The van der Waals surface area contributed by atoms with Gasteiger partial charge in [0, 0.05) is 12.1 Å². The Balaban J connectivity index is 2.89. The zero-order valence-corrected chi connectivity index (χ0v) is 7.99. The molecule has 0 spiro atoms. The van der Waals surface area contributed by atoms with Crippen LogP contribution in [0.1, 0.15) is 19.5 Å². The van der Waals surface area contributed by atoms with Gasteiger partial charge in [-0.15, -0.1) is 0 Å². The Kier molecular flexibility index (Phi) is 3.22. The number of nitriles is 1. The summed E-state index contributed by atoms with van der Waals surface area (Å²) >= 11 is 0. The summed E-state index contributed by atoms with van der Waals surface area (Å²) in [5.41, 5.74) is 1.96. The van der Waals surface area contributed by atoms with Gasteiger partial charge in [-0.1, -0.05) is 5.57 Å². The summed E-state index contributed by atoms with van der Waals surface area (Å²) in [6.07, 6.45) is 4.01. The predicted molar refractivity (Wildman–Crippen MR) is 50.8 cm³/mol. The first-order chi connectivity index (χ1) is 6.24. The van der Waals surface area contributed by atoms with Crippen molar-refractivity contribution in [3.05, 3.63) is 41.7 Å². The van der Waals surface area contributed by atoms with Crippen LogP contribution in [0.25, 0.3) is 0 Å². The van der Waals surface area contributed by atoms with E-state index in [1.165, 1.54) is 5.57 Å². The van der Waals surface area contributed by atoms with Crippen molar-refractivity contribution in [2.45, 2.75) is 20.4 Å². The Morgan fingerprint density at radius 1 is 1.54 bits per heavy atom. The topological polar surface area (TPSA) is 27.7 Å². The highest BCUT2D eigenvalue weighted by Crippen LogP contribution is 1.91. The van der Waals surface area contributed by atoms with Crippen LogP contribution < -0.4 is 4.57 Å². The summed E-state index contributed by atoms with van der Waals surface area (Å²) in [5, 5.41) is 8.79. The first-order valence-corrected chi connectivity index (χ1v) is 4.26. The van der Waals surface area contributed by atoms with Crippen molar-refractivity contribution in [2.75, 3.05) is 0 Å². The van der Waals surface area contributed by atoms with Crippen LogP contribution in [0.5, 0.6) is 0 Å². The van der Waals surface area contributed by atoms with E-state index in [1.54, 1.807) is 0 Å². The number of aromatic nitrogens is 1. The minimum atomic E-state index is 0.694. The van der Waals surface area contributed by atoms with E-state index in [0.29, 0.717) is 5.69 Å². The molecule has 2 heteroatoms. The molecule has 1 aromatic rings. The van der Waals surface area contributed by atoms with Gasteiger partial charge in [0.1, 0.15) is 0 Å². The van der Waals surface area contributed by atoms with E-state index in [2.05, 4.69) is 26.0 Å². The second kappa shape index (κ2) is 4.42. The van der Waals surface area contributed by atoms with Gasteiger partial charge >= 0.3 is 0 Å². The SMILES string of the molecule is CC(C)=CC[n+]1ccccc1C#N. The molecule has 0 saturated heterocycles. The molecule has 0 aliphatic rings. The van der Waals surface area contributed by atoms with E-state index in [1.807, 2.05) is 29.0 Å². The van der Waals surface area contributed by atoms with E-state index in [4.69, 9.17) is 5.26 Å². The normalized spacial score (nSPS) is 9.00. The van der Waals surface area contributed by atoms with Crippen molar-refractivity contribution < 1.29 is 4.57 Å². The lowest BCUT2D eigenvalue weighted by Crippen LogP contribution is -2.35. The lowest BCUT2D eigenvalue weighted by atomic mass is 10.3. The summed E-state index contributed by atoms with van der Waals surface area (Å²) in [6.45, 7) is 4.87. The van der Waals surface area contributed by atoms with Crippen LogP contribution in [0.4, 0.5) is 0 Å². The molecule has 66 valence electrons. The highest BCUT2D eigenvalue weighted by molar-refractivity contribution is 5.13. The lowest BCUT2D eigenvalue weighted by Gasteiger charge is -1.93. The third-order valence-corrected chi connectivity index (χ3v) is 1.75. The van der Waals surface area contributed by atoms with Crippen LogP contribution in [0.3, 0.4) is 0 Å². The summed E-state index contributed by atoms with van der Waals surface area (Å²) in [7, 11) is 0. The Morgan fingerprint density at radius 3 is 2.92 bits per heavy atom. The zero-order valence-electron chi connectivity index (χ0n) is 7.99. The smallest absolute Gasteiger partial charge is 0.186 e. The maximum atomic E-state index is 8.79. The molecule has 1 heterocycles. The quantitative estimate of drug-likeness (QED) is 0.495. The Morgan fingerprint density at radius 2 is 2.31 bits per heavy atom. The largest absolute Gasteiger partial charge is 0.283 e. The Labute approximate surface area is 78.8 Å². The van der Waals surface area contributed by atoms with Crippen molar-refractivity contribution >= 4 is 0 Å². The van der Waals surface area contributed by atoms with Crippen LogP contribution in [0, 0.1) is 11.3 Å². The molecule has 0 saturated carbocycles. The predicted octanol–water partition coefficient (Wildman–Crippen LogP) is 1.81. The van der Waals surface area contributed by atoms with Crippen LogP contribution in [0.2, 0.25) is 0 Å². The third-order valence-electron chi connectivity index (χ3n) is 1.75. The fraction of sp³-hybridized carbons (Fsp3) is 0.273. The molecule has 0 amide bonds. The Hall–Kier alpha value is -1.62. The second-order valence-corrected chi connectivity index (χ2v) is 3.13.